The lowest BCUT2D eigenvalue weighted by Crippen LogP contribution is -2.23. The molecular formula is C18H21ClN6O. The molecule has 0 atom stereocenters. The van der Waals surface area contributed by atoms with Gasteiger partial charge in [0.15, 0.2) is 5.69 Å². The second-order valence-corrected chi connectivity index (χ2v) is 6.45. The smallest absolute Gasteiger partial charge is 0.273 e. The second kappa shape index (κ2) is 7.70. The molecule has 0 spiro atoms. The zero-order valence-electron chi connectivity index (χ0n) is 15.0. The van der Waals surface area contributed by atoms with Crippen LogP contribution in [0.5, 0.6) is 0 Å². The van der Waals surface area contributed by atoms with Crippen molar-refractivity contribution in [3.63, 3.8) is 0 Å². The maximum absolute atomic E-state index is 12.4. The molecule has 26 heavy (non-hydrogen) atoms. The van der Waals surface area contributed by atoms with Gasteiger partial charge in [-0.1, -0.05) is 35.0 Å². The highest BCUT2D eigenvalue weighted by Crippen LogP contribution is 2.16. The number of hydrogen-bond donors (Lipinski definition) is 1. The van der Waals surface area contributed by atoms with Gasteiger partial charge < -0.3 is 5.32 Å². The number of amides is 1. The van der Waals surface area contributed by atoms with Crippen molar-refractivity contribution in [3.05, 3.63) is 63.7 Å². The van der Waals surface area contributed by atoms with Gasteiger partial charge in [0.05, 0.1) is 18.4 Å². The van der Waals surface area contributed by atoms with Gasteiger partial charge in [-0.15, -0.1) is 5.10 Å². The van der Waals surface area contributed by atoms with Gasteiger partial charge in [0.1, 0.15) is 0 Å². The van der Waals surface area contributed by atoms with E-state index in [1.54, 1.807) is 10.9 Å². The first kappa shape index (κ1) is 18.1. The number of aromatic nitrogens is 5. The number of benzene rings is 1. The first-order valence-electron chi connectivity index (χ1n) is 8.44. The van der Waals surface area contributed by atoms with Crippen molar-refractivity contribution in [2.24, 2.45) is 0 Å². The molecule has 1 aromatic carbocycles. The Kier molecular flexibility index (Phi) is 5.37. The lowest BCUT2D eigenvalue weighted by molar-refractivity contribution is 0.0945. The summed E-state index contributed by atoms with van der Waals surface area (Å²) in [4.78, 5) is 12.4. The van der Waals surface area contributed by atoms with Gasteiger partial charge in [-0.05, 0) is 32.4 Å². The Morgan fingerprint density at radius 1 is 1.27 bits per heavy atom. The van der Waals surface area contributed by atoms with Gasteiger partial charge in [-0.3, -0.25) is 9.48 Å². The van der Waals surface area contributed by atoms with Gasteiger partial charge >= 0.3 is 0 Å². The molecule has 3 rings (SSSR count). The SMILES string of the molecule is CCn1nc(C)c(CNC(=O)c2cn(Cc3ccccc3Cl)nn2)c1C. The third kappa shape index (κ3) is 3.77. The Balaban J connectivity index is 1.65. The quantitative estimate of drug-likeness (QED) is 0.721. The van der Waals surface area contributed by atoms with Gasteiger partial charge in [0.2, 0.25) is 0 Å². The van der Waals surface area contributed by atoms with Crippen LogP contribution in [-0.2, 0) is 19.6 Å². The molecule has 0 bridgehead atoms. The van der Waals surface area contributed by atoms with Crippen LogP contribution in [0.25, 0.3) is 0 Å². The zero-order valence-corrected chi connectivity index (χ0v) is 15.8. The predicted molar refractivity (Wildman–Crippen MR) is 99.1 cm³/mol. The molecule has 1 amide bonds. The number of aryl methyl sites for hydroxylation is 2. The summed E-state index contributed by atoms with van der Waals surface area (Å²) in [6.07, 6.45) is 1.62. The fourth-order valence-corrected chi connectivity index (χ4v) is 3.03. The first-order valence-corrected chi connectivity index (χ1v) is 8.82. The predicted octanol–water partition coefficient (Wildman–Crippen LogP) is 2.74. The highest BCUT2D eigenvalue weighted by molar-refractivity contribution is 6.31. The molecule has 0 saturated carbocycles. The van der Waals surface area contributed by atoms with Crippen molar-refractivity contribution in [3.8, 4) is 0 Å². The minimum absolute atomic E-state index is 0.265. The highest BCUT2D eigenvalue weighted by Gasteiger charge is 2.15. The third-order valence-corrected chi connectivity index (χ3v) is 4.69. The van der Waals surface area contributed by atoms with Gasteiger partial charge in [0.25, 0.3) is 5.91 Å². The maximum Gasteiger partial charge on any atom is 0.273 e. The van der Waals surface area contributed by atoms with Crippen molar-refractivity contribution < 1.29 is 4.79 Å². The molecule has 2 heterocycles. The summed E-state index contributed by atoms with van der Waals surface area (Å²) in [5, 5.41) is 16.0. The van der Waals surface area contributed by atoms with Crippen LogP contribution >= 0.6 is 11.6 Å². The van der Waals surface area contributed by atoms with Crippen LogP contribution in [-0.4, -0.2) is 30.7 Å². The number of nitrogens with one attached hydrogen (secondary N) is 1. The molecule has 136 valence electrons. The summed E-state index contributed by atoms with van der Waals surface area (Å²) in [6, 6.07) is 7.52. The Bertz CT molecular complexity index is 930. The van der Waals surface area contributed by atoms with Crippen LogP contribution in [0, 0.1) is 13.8 Å². The van der Waals surface area contributed by atoms with Crippen molar-refractivity contribution in [2.75, 3.05) is 0 Å². The molecule has 0 saturated heterocycles. The summed E-state index contributed by atoms with van der Waals surface area (Å²) in [7, 11) is 0. The summed E-state index contributed by atoms with van der Waals surface area (Å²) < 4.78 is 3.53. The van der Waals surface area contributed by atoms with E-state index >= 15 is 0 Å². The molecule has 1 N–H and O–H groups in total. The summed E-state index contributed by atoms with van der Waals surface area (Å²) >= 11 is 6.16. The van der Waals surface area contributed by atoms with E-state index in [1.807, 2.05) is 49.7 Å². The minimum Gasteiger partial charge on any atom is -0.346 e. The molecule has 7 nitrogen and oxygen atoms in total. The van der Waals surface area contributed by atoms with Gasteiger partial charge in [-0.2, -0.15) is 5.10 Å². The average Bonchev–Trinajstić information content (AvgIpc) is 3.20. The zero-order chi connectivity index (χ0) is 18.7. The van der Waals surface area contributed by atoms with Crippen molar-refractivity contribution in [1.29, 1.82) is 0 Å². The van der Waals surface area contributed by atoms with E-state index in [-0.39, 0.29) is 11.6 Å². The second-order valence-electron chi connectivity index (χ2n) is 6.04. The van der Waals surface area contributed by atoms with Crippen LogP contribution in [0.4, 0.5) is 0 Å². The van der Waals surface area contributed by atoms with Gasteiger partial charge in [-0.25, -0.2) is 4.68 Å². The average molecular weight is 373 g/mol. The fraction of sp³-hybridized carbons (Fsp3) is 0.333. The third-order valence-electron chi connectivity index (χ3n) is 4.32. The van der Waals surface area contributed by atoms with Crippen LogP contribution in [0.15, 0.2) is 30.5 Å². The molecule has 0 aliphatic rings. The number of carbonyl (C=O) groups is 1. The largest absolute Gasteiger partial charge is 0.346 e. The van der Waals surface area contributed by atoms with Gasteiger partial charge in [0, 0.05) is 29.4 Å². The highest BCUT2D eigenvalue weighted by atomic mass is 35.5. The topological polar surface area (TPSA) is 77.6 Å². The Labute approximate surface area is 157 Å². The van der Waals surface area contributed by atoms with E-state index in [4.69, 9.17) is 11.6 Å². The van der Waals surface area contributed by atoms with E-state index in [9.17, 15) is 4.79 Å². The molecule has 0 fully saturated rings. The summed E-state index contributed by atoms with van der Waals surface area (Å²) in [6.45, 7) is 7.66. The Morgan fingerprint density at radius 2 is 2.04 bits per heavy atom. The van der Waals surface area contributed by atoms with E-state index < -0.39 is 0 Å². The van der Waals surface area contributed by atoms with E-state index in [1.165, 1.54) is 0 Å². The lowest BCUT2D eigenvalue weighted by atomic mass is 10.2. The lowest BCUT2D eigenvalue weighted by Gasteiger charge is -2.05. The number of halogens is 1. The molecule has 0 aliphatic carbocycles. The van der Waals surface area contributed by atoms with Crippen molar-refractivity contribution in [1.82, 2.24) is 30.1 Å². The Hall–Kier alpha value is -2.67. The minimum atomic E-state index is -0.265. The molecule has 0 unspecified atom stereocenters. The normalized spacial score (nSPS) is 10.9. The van der Waals surface area contributed by atoms with E-state index in [0.717, 1.165) is 29.1 Å². The number of carbonyl (C=O) groups excluding carboxylic acids is 1. The standard InChI is InChI=1S/C18H21ClN6O/c1-4-25-13(3)15(12(2)22-25)9-20-18(26)17-11-24(23-21-17)10-14-7-5-6-8-16(14)19/h5-8,11H,4,9-10H2,1-3H3,(H,20,26). The molecule has 0 radical (unpaired) electrons. The molecular weight excluding hydrogens is 352 g/mol. The number of hydrogen-bond acceptors (Lipinski definition) is 4. The molecule has 8 heteroatoms. The van der Waals surface area contributed by atoms with Crippen molar-refractivity contribution >= 4 is 17.5 Å². The molecule has 0 aliphatic heterocycles. The van der Waals surface area contributed by atoms with E-state index in [0.29, 0.717) is 18.1 Å². The fourth-order valence-electron chi connectivity index (χ4n) is 2.84. The number of rotatable bonds is 6. The van der Waals surface area contributed by atoms with Crippen LogP contribution < -0.4 is 5.32 Å². The van der Waals surface area contributed by atoms with Crippen LogP contribution in [0.3, 0.4) is 0 Å². The monoisotopic (exact) mass is 372 g/mol. The Morgan fingerprint density at radius 3 is 2.73 bits per heavy atom. The number of nitrogens with zero attached hydrogens (tertiary/aromatic N) is 5. The van der Waals surface area contributed by atoms with E-state index in [2.05, 4.69) is 20.7 Å². The summed E-state index contributed by atoms with van der Waals surface area (Å²) in [5.41, 5.74) is 4.21. The first-order chi connectivity index (χ1) is 12.5. The maximum atomic E-state index is 12.4. The van der Waals surface area contributed by atoms with Crippen LogP contribution in [0.2, 0.25) is 5.02 Å². The van der Waals surface area contributed by atoms with Crippen molar-refractivity contribution in [2.45, 2.75) is 40.4 Å². The molecule has 3 aromatic rings. The van der Waals surface area contributed by atoms with Crippen LogP contribution in [0.1, 0.15) is 39.9 Å². The summed E-state index contributed by atoms with van der Waals surface area (Å²) in [5.74, 6) is -0.265. The molecule has 2 aromatic heterocycles.